The minimum atomic E-state index is -1.35. The Bertz CT molecular complexity index is 877. The molecule has 0 aliphatic heterocycles. The summed E-state index contributed by atoms with van der Waals surface area (Å²) in [7, 11) is 0. The fourth-order valence-corrected chi connectivity index (χ4v) is 2.23. The zero-order valence-corrected chi connectivity index (χ0v) is 11.5. The first-order chi connectivity index (χ1) is 11.0. The van der Waals surface area contributed by atoms with E-state index in [-0.39, 0.29) is 22.6 Å². The standard InChI is InChI=1S/C16H9F4NO2/c17-9-3-1-2-8(4-9)15-11(7-22)16(23-21-15)10-5-13(19)14(20)6-12(10)18/h1-6,22H,7H2. The molecule has 2 aromatic carbocycles. The van der Waals surface area contributed by atoms with Crippen molar-refractivity contribution in [3.63, 3.8) is 0 Å². The van der Waals surface area contributed by atoms with E-state index in [9.17, 15) is 22.7 Å². The summed E-state index contributed by atoms with van der Waals surface area (Å²) in [6.45, 7) is -0.608. The normalized spacial score (nSPS) is 11.0. The minimum Gasteiger partial charge on any atom is -0.391 e. The second-order valence-electron chi connectivity index (χ2n) is 4.75. The van der Waals surface area contributed by atoms with Crippen LogP contribution in [0.4, 0.5) is 17.6 Å². The Kier molecular flexibility index (Phi) is 3.87. The molecule has 0 aliphatic carbocycles. The molecular weight excluding hydrogens is 314 g/mol. The zero-order chi connectivity index (χ0) is 16.6. The van der Waals surface area contributed by atoms with Gasteiger partial charge in [0.05, 0.1) is 17.7 Å². The van der Waals surface area contributed by atoms with Gasteiger partial charge in [0.25, 0.3) is 0 Å². The van der Waals surface area contributed by atoms with Crippen molar-refractivity contribution in [2.24, 2.45) is 0 Å². The molecular formula is C16H9F4NO2. The van der Waals surface area contributed by atoms with E-state index in [0.717, 1.165) is 6.07 Å². The van der Waals surface area contributed by atoms with Gasteiger partial charge in [-0.2, -0.15) is 0 Å². The highest BCUT2D eigenvalue weighted by molar-refractivity contribution is 5.72. The van der Waals surface area contributed by atoms with Crippen molar-refractivity contribution in [1.29, 1.82) is 0 Å². The van der Waals surface area contributed by atoms with Crippen LogP contribution in [0, 0.1) is 23.3 Å². The first-order valence-electron chi connectivity index (χ1n) is 6.51. The van der Waals surface area contributed by atoms with Gasteiger partial charge in [0.1, 0.15) is 17.3 Å². The molecule has 23 heavy (non-hydrogen) atoms. The predicted molar refractivity (Wildman–Crippen MR) is 73.1 cm³/mol. The second-order valence-corrected chi connectivity index (χ2v) is 4.75. The Labute approximate surface area is 127 Å². The lowest BCUT2D eigenvalue weighted by Crippen LogP contribution is -1.94. The van der Waals surface area contributed by atoms with Crippen molar-refractivity contribution in [3.8, 4) is 22.6 Å². The van der Waals surface area contributed by atoms with Gasteiger partial charge >= 0.3 is 0 Å². The maximum Gasteiger partial charge on any atom is 0.176 e. The van der Waals surface area contributed by atoms with E-state index >= 15 is 0 Å². The van der Waals surface area contributed by atoms with Crippen molar-refractivity contribution in [1.82, 2.24) is 5.16 Å². The molecule has 1 aromatic heterocycles. The van der Waals surface area contributed by atoms with Crippen LogP contribution < -0.4 is 0 Å². The number of hydrogen-bond donors (Lipinski definition) is 1. The predicted octanol–water partition coefficient (Wildman–Crippen LogP) is 4.06. The lowest BCUT2D eigenvalue weighted by Gasteiger charge is -2.04. The van der Waals surface area contributed by atoms with E-state index in [0.29, 0.717) is 17.7 Å². The largest absolute Gasteiger partial charge is 0.391 e. The van der Waals surface area contributed by atoms with Crippen LogP contribution in [-0.2, 0) is 6.61 Å². The summed E-state index contributed by atoms with van der Waals surface area (Å²) in [6.07, 6.45) is 0. The molecule has 1 heterocycles. The Morgan fingerprint density at radius 2 is 1.70 bits per heavy atom. The lowest BCUT2D eigenvalue weighted by atomic mass is 10.0. The fraction of sp³-hybridized carbons (Fsp3) is 0.0625. The summed E-state index contributed by atoms with van der Waals surface area (Å²) in [5.41, 5.74) is 0.0433. The van der Waals surface area contributed by atoms with E-state index in [2.05, 4.69) is 5.16 Å². The van der Waals surface area contributed by atoms with Gasteiger partial charge in [-0.05, 0) is 18.2 Å². The summed E-state index contributed by atoms with van der Waals surface area (Å²) >= 11 is 0. The SMILES string of the molecule is OCc1c(-c2cccc(F)c2)noc1-c1cc(F)c(F)cc1F. The third-order valence-corrected chi connectivity index (χ3v) is 3.30. The van der Waals surface area contributed by atoms with Crippen LogP contribution in [0.15, 0.2) is 40.9 Å². The van der Waals surface area contributed by atoms with E-state index in [1.165, 1.54) is 18.2 Å². The molecule has 3 nitrogen and oxygen atoms in total. The highest BCUT2D eigenvalue weighted by Crippen LogP contribution is 2.34. The number of aromatic nitrogens is 1. The van der Waals surface area contributed by atoms with Crippen LogP contribution in [0.25, 0.3) is 22.6 Å². The average Bonchev–Trinajstić information content (AvgIpc) is 2.94. The van der Waals surface area contributed by atoms with Gasteiger partial charge in [-0.3, -0.25) is 0 Å². The van der Waals surface area contributed by atoms with Gasteiger partial charge in [0.2, 0.25) is 0 Å². The highest BCUT2D eigenvalue weighted by atomic mass is 19.2. The van der Waals surface area contributed by atoms with E-state index in [4.69, 9.17) is 4.52 Å². The molecule has 1 N–H and O–H groups in total. The van der Waals surface area contributed by atoms with Gasteiger partial charge in [0.15, 0.2) is 17.4 Å². The molecule has 0 atom stereocenters. The van der Waals surface area contributed by atoms with Crippen LogP contribution >= 0.6 is 0 Å². The lowest BCUT2D eigenvalue weighted by molar-refractivity contribution is 0.281. The number of benzene rings is 2. The number of nitrogens with zero attached hydrogens (tertiary/aromatic N) is 1. The highest BCUT2D eigenvalue weighted by Gasteiger charge is 2.22. The molecule has 3 aromatic rings. The van der Waals surface area contributed by atoms with Crippen molar-refractivity contribution in [2.75, 3.05) is 0 Å². The zero-order valence-electron chi connectivity index (χ0n) is 11.5. The molecule has 0 spiro atoms. The topological polar surface area (TPSA) is 46.3 Å². The van der Waals surface area contributed by atoms with E-state index < -0.39 is 29.9 Å². The molecule has 0 radical (unpaired) electrons. The first kappa shape index (κ1) is 15.2. The number of hydrogen-bond acceptors (Lipinski definition) is 3. The number of rotatable bonds is 3. The monoisotopic (exact) mass is 323 g/mol. The van der Waals surface area contributed by atoms with Gasteiger partial charge < -0.3 is 9.63 Å². The Morgan fingerprint density at radius 1 is 0.957 bits per heavy atom. The maximum absolute atomic E-state index is 13.9. The molecule has 3 rings (SSSR count). The van der Waals surface area contributed by atoms with E-state index in [1.54, 1.807) is 0 Å². The second kappa shape index (κ2) is 5.85. The molecule has 0 saturated heterocycles. The Hall–Kier alpha value is -2.67. The van der Waals surface area contributed by atoms with Crippen molar-refractivity contribution in [2.45, 2.75) is 6.61 Å². The van der Waals surface area contributed by atoms with Gasteiger partial charge in [0, 0.05) is 11.6 Å². The summed E-state index contributed by atoms with van der Waals surface area (Å²) in [5, 5.41) is 13.2. The van der Waals surface area contributed by atoms with Gasteiger partial charge in [-0.15, -0.1) is 0 Å². The molecule has 0 fully saturated rings. The van der Waals surface area contributed by atoms with Crippen molar-refractivity contribution < 1.29 is 27.2 Å². The first-order valence-corrected chi connectivity index (χ1v) is 6.51. The molecule has 0 bridgehead atoms. The summed E-state index contributed by atoms with van der Waals surface area (Å²) in [4.78, 5) is 0. The van der Waals surface area contributed by atoms with Crippen molar-refractivity contribution in [3.05, 3.63) is 65.2 Å². The quantitative estimate of drug-likeness (QED) is 0.584. The molecule has 0 saturated carbocycles. The third kappa shape index (κ3) is 2.70. The van der Waals surface area contributed by atoms with Crippen LogP contribution in [-0.4, -0.2) is 10.3 Å². The minimum absolute atomic E-state index is 0.0421. The summed E-state index contributed by atoms with van der Waals surface area (Å²) < 4.78 is 58.5. The Morgan fingerprint density at radius 3 is 2.39 bits per heavy atom. The number of halogens is 4. The summed E-state index contributed by atoms with van der Waals surface area (Å²) in [5.74, 6) is -4.46. The molecule has 0 amide bonds. The molecule has 0 unspecified atom stereocenters. The maximum atomic E-state index is 13.9. The number of aliphatic hydroxyl groups is 1. The van der Waals surface area contributed by atoms with Crippen molar-refractivity contribution >= 4 is 0 Å². The third-order valence-electron chi connectivity index (χ3n) is 3.30. The fourth-order valence-electron chi connectivity index (χ4n) is 2.23. The van der Waals surface area contributed by atoms with Gasteiger partial charge in [-0.1, -0.05) is 17.3 Å². The number of aliphatic hydroxyl groups excluding tert-OH is 1. The van der Waals surface area contributed by atoms with Crippen LogP contribution in [0.5, 0.6) is 0 Å². The Balaban J connectivity index is 2.18. The molecule has 7 heteroatoms. The average molecular weight is 323 g/mol. The van der Waals surface area contributed by atoms with Crippen LogP contribution in [0.3, 0.4) is 0 Å². The summed E-state index contributed by atoms with van der Waals surface area (Å²) in [6, 6.07) is 6.31. The molecule has 0 aliphatic rings. The van der Waals surface area contributed by atoms with Crippen LogP contribution in [0.2, 0.25) is 0 Å². The smallest absolute Gasteiger partial charge is 0.176 e. The molecule has 118 valence electrons. The van der Waals surface area contributed by atoms with Gasteiger partial charge in [-0.25, -0.2) is 17.6 Å². The van der Waals surface area contributed by atoms with Crippen LogP contribution in [0.1, 0.15) is 5.56 Å². The van der Waals surface area contributed by atoms with E-state index in [1.807, 2.05) is 0 Å².